The third-order valence-corrected chi connectivity index (χ3v) is 4.41. The van der Waals surface area contributed by atoms with Gasteiger partial charge in [-0.05, 0) is 38.0 Å². The molecule has 0 spiro atoms. The summed E-state index contributed by atoms with van der Waals surface area (Å²) in [4.78, 5) is 11.0. The molecule has 1 atom stereocenters. The molecule has 104 valence electrons. The monoisotopic (exact) mass is 283 g/mol. The first-order chi connectivity index (χ1) is 8.79. The summed E-state index contributed by atoms with van der Waals surface area (Å²) >= 11 is 0. The number of rotatable bonds is 6. The Hall–Kier alpha value is -1.66. The highest BCUT2D eigenvalue weighted by atomic mass is 32.2. The van der Waals surface area contributed by atoms with Crippen molar-refractivity contribution in [3.8, 4) is 0 Å². The summed E-state index contributed by atoms with van der Waals surface area (Å²) in [6, 6.07) is 3.90. The number of aromatic carboxylic acids is 1. The maximum Gasteiger partial charge on any atom is 0.335 e. The normalized spacial score (nSPS) is 12.9. The average Bonchev–Trinajstić information content (AvgIpc) is 2.27. The Balaban J connectivity index is 3.19. The van der Waals surface area contributed by atoms with E-state index in [1.807, 2.05) is 0 Å². The van der Waals surface area contributed by atoms with Gasteiger partial charge in [0.15, 0.2) is 0 Å². The predicted octanol–water partition coefficient (Wildman–Crippen LogP) is 1.94. The number of sulfonamides is 1. The smallest absolute Gasteiger partial charge is 0.335 e. The second-order valence-electron chi connectivity index (χ2n) is 4.28. The van der Waals surface area contributed by atoms with Crippen LogP contribution in [-0.4, -0.2) is 25.5 Å². The zero-order chi connectivity index (χ0) is 14.6. The van der Waals surface area contributed by atoms with Gasteiger partial charge in [0.1, 0.15) is 0 Å². The minimum Gasteiger partial charge on any atom is -0.478 e. The van der Waals surface area contributed by atoms with Crippen LogP contribution in [0.4, 0.5) is 0 Å². The lowest BCUT2D eigenvalue weighted by atomic mass is 10.1. The molecule has 0 heterocycles. The lowest BCUT2D eigenvalue weighted by Gasteiger charge is -2.14. The van der Waals surface area contributed by atoms with Crippen LogP contribution in [-0.2, 0) is 10.0 Å². The number of hydrogen-bond donors (Lipinski definition) is 2. The summed E-state index contributed by atoms with van der Waals surface area (Å²) in [6.07, 6.45) is 2.12. The molecule has 6 heteroatoms. The average molecular weight is 283 g/mol. The maximum absolute atomic E-state index is 12.2. The number of carboxylic acid groups (broad SMARTS) is 1. The minimum absolute atomic E-state index is 0.0108. The Morgan fingerprint density at radius 3 is 2.68 bits per heavy atom. The summed E-state index contributed by atoms with van der Waals surface area (Å²) < 4.78 is 26.8. The van der Waals surface area contributed by atoms with Gasteiger partial charge < -0.3 is 5.11 Å². The molecule has 0 amide bonds. The maximum atomic E-state index is 12.2. The van der Waals surface area contributed by atoms with Crippen LogP contribution in [0.3, 0.4) is 0 Å². The zero-order valence-electron chi connectivity index (χ0n) is 10.9. The van der Waals surface area contributed by atoms with Crippen molar-refractivity contribution in [1.82, 2.24) is 4.72 Å². The molecule has 0 bridgehead atoms. The Bertz CT molecular complexity index is 593. The molecule has 0 aliphatic carbocycles. The molecular formula is C13H17NO4S. The van der Waals surface area contributed by atoms with Gasteiger partial charge in [0.25, 0.3) is 0 Å². The van der Waals surface area contributed by atoms with Crippen molar-refractivity contribution >= 4 is 16.0 Å². The molecule has 0 aliphatic rings. The summed E-state index contributed by atoms with van der Waals surface area (Å²) in [5, 5.41) is 8.99. The first-order valence-corrected chi connectivity index (χ1v) is 7.24. The van der Waals surface area contributed by atoms with Gasteiger partial charge in [-0.15, -0.1) is 6.58 Å². The molecule has 1 aromatic rings. The van der Waals surface area contributed by atoms with Crippen molar-refractivity contribution in [2.24, 2.45) is 0 Å². The molecule has 2 N–H and O–H groups in total. The van der Waals surface area contributed by atoms with Gasteiger partial charge >= 0.3 is 5.97 Å². The van der Waals surface area contributed by atoms with Gasteiger partial charge in [0.2, 0.25) is 10.0 Å². The Labute approximate surface area is 113 Å². The number of carboxylic acids is 1. The van der Waals surface area contributed by atoms with Crippen LogP contribution in [0.25, 0.3) is 0 Å². The van der Waals surface area contributed by atoms with Crippen molar-refractivity contribution in [2.45, 2.75) is 31.2 Å². The number of hydrogen-bond acceptors (Lipinski definition) is 3. The number of carbonyl (C=O) groups is 1. The summed E-state index contributed by atoms with van der Waals surface area (Å²) in [6.45, 7) is 6.75. The van der Waals surface area contributed by atoms with Crippen molar-refractivity contribution in [3.05, 3.63) is 42.0 Å². The molecule has 1 rings (SSSR count). The highest BCUT2D eigenvalue weighted by Gasteiger charge is 2.21. The lowest BCUT2D eigenvalue weighted by molar-refractivity contribution is 0.0696. The van der Waals surface area contributed by atoms with Crippen molar-refractivity contribution < 1.29 is 18.3 Å². The van der Waals surface area contributed by atoms with E-state index in [-0.39, 0.29) is 22.1 Å². The molecule has 0 radical (unpaired) electrons. The van der Waals surface area contributed by atoms with Crippen molar-refractivity contribution in [1.29, 1.82) is 0 Å². The molecule has 1 aromatic carbocycles. The van der Waals surface area contributed by atoms with Crippen molar-refractivity contribution in [3.63, 3.8) is 0 Å². The van der Waals surface area contributed by atoms with E-state index in [0.717, 1.165) is 0 Å². The van der Waals surface area contributed by atoms with E-state index in [2.05, 4.69) is 11.3 Å². The fraction of sp³-hybridized carbons (Fsp3) is 0.308. The third-order valence-electron chi connectivity index (χ3n) is 2.68. The van der Waals surface area contributed by atoms with E-state index < -0.39 is 16.0 Å². The molecule has 1 unspecified atom stereocenters. The van der Waals surface area contributed by atoms with E-state index in [1.54, 1.807) is 13.0 Å². The quantitative estimate of drug-likeness (QED) is 0.781. The Morgan fingerprint density at radius 2 is 2.16 bits per heavy atom. The first-order valence-electron chi connectivity index (χ1n) is 5.75. The van der Waals surface area contributed by atoms with E-state index in [1.165, 1.54) is 25.1 Å². The van der Waals surface area contributed by atoms with Gasteiger partial charge in [-0.3, -0.25) is 0 Å². The fourth-order valence-corrected chi connectivity index (χ4v) is 3.29. The molecular weight excluding hydrogens is 266 g/mol. The van der Waals surface area contributed by atoms with Gasteiger partial charge in [0.05, 0.1) is 10.5 Å². The van der Waals surface area contributed by atoms with Crippen LogP contribution in [0, 0.1) is 6.92 Å². The van der Waals surface area contributed by atoms with E-state index >= 15 is 0 Å². The predicted molar refractivity (Wildman–Crippen MR) is 72.7 cm³/mol. The molecule has 0 fully saturated rings. The highest BCUT2D eigenvalue weighted by Crippen LogP contribution is 2.19. The van der Waals surface area contributed by atoms with E-state index in [0.29, 0.717) is 6.42 Å². The second kappa shape index (κ2) is 5.99. The third kappa shape index (κ3) is 3.65. The molecule has 0 saturated heterocycles. The van der Waals surface area contributed by atoms with E-state index in [9.17, 15) is 13.2 Å². The minimum atomic E-state index is -3.73. The largest absolute Gasteiger partial charge is 0.478 e. The molecule has 0 saturated carbocycles. The van der Waals surface area contributed by atoms with E-state index in [4.69, 9.17) is 5.11 Å². The summed E-state index contributed by atoms with van der Waals surface area (Å²) in [5.74, 6) is -1.14. The zero-order valence-corrected chi connectivity index (χ0v) is 11.7. The first kappa shape index (κ1) is 15.4. The fourth-order valence-electron chi connectivity index (χ4n) is 1.76. The van der Waals surface area contributed by atoms with Crippen LogP contribution in [0.5, 0.6) is 0 Å². The SMILES string of the molecule is C=CCC(C)NS(=O)(=O)c1cccc(C(=O)O)c1C. The van der Waals surface area contributed by atoms with Crippen molar-refractivity contribution in [2.75, 3.05) is 0 Å². The van der Waals surface area contributed by atoms with Crippen LogP contribution in [0.15, 0.2) is 35.7 Å². The van der Waals surface area contributed by atoms with Gasteiger partial charge in [-0.1, -0.05) is 12.1 Å². The molecule has 0 aliphatic heterocycles. The summed E-state index contributed by atoms with van der Waals surface area (Å²) in [7, 11) is -3.73. The summed E-state index contributed by atoms with van der Waals surface area (Å²) in [5.41, 5.74) is 0.215. The Kier molecular flexibility index (Phi) is 4.85. The van der Waals surface area contributed by atoms with Crippen LogP contribution >= 0.6 is 0 Å². The molecule has 19 heavy (non-hydrogen) atoms. The van der Waals surface area contributed by atoms with Crippen LogP contribution in [0.2, 0.25) is 0 Å². The van der Waals surface area contributed by atoms with Crippen LogP contribution in [0.1, 0.15) is 29.3 Å². The van der Waals surface area contributed by atoms with Crippen LogP contribution < -0.4 is 4.72 Å². The van der Waals surface area contributed by atoms with Gasteiger partial charge in [0, 0.05) is 6.04 Å². The second-order valence-corrected chi connectivity index (χ2v) is 5.96. The highest BCUT2D eigenvalue weighted by molar-refractivity contribution is 7.89. The lowest BCUT2D eigenvalue weighted by Crippen LogP contribution is -2.32. The standard InChI is InChI=1S/C13H17NO4S/c1-4-6-9(2)14-19(17,18)12-8-5-7-11(10(12)3)13(15)16/h4-5,7-9,14H,1,6H2,2-3H3,(H,15,16). The van der Waals surface area contributed by atoms with Gasteiger partial charge in [-0.2, -0.15) is 0 Å². The molecule has 0 aromatic heterocycles. The number of benzene rings is 1. The number of nitrogens with one attached hydrogen (secondary N) is 1. The van der Waals surface area contributed by atoms with Gasteiger partial charge in [-0.25, -0.2) is 17.9 Å². The Morgan fingerprint density at radius 1 is 1.53 bits per heavy atom. The molecule has 5 nitrogen and oxygen atoms in total. The topological polar surface area (TPSA) is 83.5 Å².